The average molecular weight is 263 g/mol. The van der Waals surface area contributed by atoms with Crippen molar-refractivity contribution in [2.45, 2.75) is 46.1 Å². The Morgan fingerprint density at radius 2 is 2.21 bits per heavy atom. The molecule has 0 radical (unpaired) electrons. The number of ether oxygens (including phenoxy) is 1. The van der Waals surface area contributed by atoms with Crippen molar-refractivity contribution in [3.05, 3.63) is 24.0 Å². The van der Waals surface area contributed by atoms with Gasteiger partial charge in [-0.15, -0.1) is 0 Å². The molecule has 1 aromatic heterocycles. The quantitative estimate of drug-likeness (QED) is 0.908. The van der Waals surface area contributed by atoms with E-state index in [2.05, 4.69) is 25.8 Å². The molecule has 0 aliphatic heterocycles. The van der Waals surface area contributed by atoms with Crippen molar-refractivity contribution in [1.82, 2.24) is 4.98 Å². The zero-order chi connectivity index (χ0) is 14.0. The van der Waals surface area contributed by atoms with Crippen molar-refractivity contribution in [1.29, 1.82) is 0 Å². The summed E-state index contributed by atoms with van der Waals surface area (Å²) in [6.07, 6.45) is 6.15. The first-order valence-corrected chi connectivity index (χ1v) is 6.71. The number of carboxylic acid groups (broad SMARTS) is 1. The van der Waals surface area contributed by atoms with Crippen LogP contribution in [-0.4, -0.2) is 22.2 Å². The molecule has 2 atom stereocenters. The maximum Gasteiger partial charge on any atom is 0.339 e. The second-order valence-corrected chi connectivity index (χ2v) is 6.33. The number of nitrogens with zero attached hydrogens (tertiary/aromatic N) is 1. The number of hydrogen-bond donors (Lipinski definition) is 1. The Hall–Kier alpha value is -1.58. The Bertz CT molecular complexity index is 470. The van der Waals surface area contributed by atoms with Crippen molar-refractivity contribution in [3.8, 4) is 5.75 Å². The summed E-state index contributed by atoms with van der Waals surface area (Å²) < 4.78 is 5.91. The van der Waals surface area contributed by atoms with E-state index in [9.17, 15) is 4.79 Å². The van der Waals surface area contributed by atoms with Gasteiger partial charge in [0.2, 0.25) is 0 Å². The fraction of sp³-hybridized carbons (Fsp3) is 0.600. The molecule has 4 heteroatoms. The molecular weight excluding hydrogens is 242 g/mol. The van der Waals surface area contributed by atoms with E-state index in [1.54, 1.807) is 0 Å². The summed E-state index contributed by atoms with van der Waals surface area (Å²) in [5.74, 6) is 0.00381. The Balaban J connectivity index is 2.15. The van der Waals surface area contributed by atoms with Crippen molar-refractivity contribution >= 4 is 5.97 Å². The van der Waals surface area contributed by atoms with Gasteiger partial charge >= 0.3 is 5.97 Å². The first-order chi connectivity index (χ1) is 8.87. The van der Waals surface area contributed by atoms with E-state index in [-0.39, 0.29) is 17.1 Å². The number of carbonyl (C=O) groups is 1. The lowest BCUT2D eigenvalue weighted by atomic mass is 9.71. The molecule has 0 spiro atoms. The third-order valence-corrected chi connectivity index (χ3v) is 3.66. The molecule has 19 heavy (non-hydrogen) atoms. The first kappa shape index (κ1) is 13.8. The SMILES string of the molecule is CC1CC(Oc2cnccc2C(=O)O)CC(C)(C)C1. The van der Waals surface area contributed by atoms with E-state index in [1.807, 2.05) is 0 Å². The Morgan fingerprint density at radius 1 is 1.47 bits per heavy atom. The summed E-state index contributed by atoms with van der Waals surface area (Å²) in [6.45, 7) is 6.69. The Kier molecular flexibility index (Phi) is 3.78. The highest BCUT2D eigenvalue weighted by molar-refractivity contribution is 5.90. The fourth-order valence-corrected chi connectivity index (χ4v) is 3.18. The highest BCUT2D eigenvalue weighted by atomic mass is 16.5. The molecule has 1 saturated carbocycles. The summed E-state index contributed by atoms with van der Waals surface area (Å²) in [7, 11) is 0. The third-order valence-electron chi connectivity index (χ3n) is 3.66. The summed E-state index contributed by atoms with van der Waals surface area (Å²) >= 11 is 0. The minimum atomic E-state index is -0.972. The van der Waals surface area contributed by atoms with Crippen LogP contribution in [0.3, 0.4) is 0 Å². The lowest BCUT2D eigenvalue weighted by molar-refractivity contribution is 0.0530. The lowest BCUT2D eigenvalue weighted by Crippen LogP contribution is -2.34. The zero-order valence-corrected chi connectivity index (χ0v) is 11.7. The van der Waals surface area contributed by atoms with Gasteiger partial charge < -0.3 is 9.84 Å². The molecule has 0 amide bonds. The van der Waals surface area contributed by atoms with Gasteiger partial charge in [0.1, 0.15) is 5.56 Å². The monoisotopic (exact) mass is 263 g/mol. The van der Waals surface area contributed by atoms with Gasteiger partial charge in [0.05, 0.1) is 12.3 Å². The average Bonchev–Trinajstić information content (AvgIpc) is 2.26. The molecule has 1 heterocycles. The molecule has 0 saturated heterocycles. The molecule has 1 N–H and O–H groups in total. The van der Waals surface area contributed by atoms with Gasteiger partial charge in [0.15, 0.2) is 5.75 Å². The number of carboxylic acids is 1. The topological polar surface area (TPSA) is 59.4 Å². The minimum Gasteiger partial charge on any atom is -0.488 e. The number of aromatic carboxylic acids is 1. The van der Waals surface area contributed by atoms with Gasteiger partial charge in [-0.1, -0.05) is 20.8 Å². The number of rotatable bonds is 3. The molecule has 1 fully saturated rings. The summed E-state index contributed by atoms with van der Waals surface area (Å²) in [5.41, 5.74) is 0.430. The summed E-state index contributed by atoms with van der Waals surface area (Å²) in [4.78, 5) is 15.1. The van der Waals surface area contributed by atoms with Gasteiger partial charge in [-0.25, -0.2) is 4.79 Å². The van der Waals surface area contributed by atoms with Crippen LogP contribution in [0.4, 0.5) is 0 Å². The predicted octanol–water partition coefficient (Wildman–Crippen LogP) is 3.37. The van der Waals surface area contributed by atoms with E-state index < -0.39 is 5.97 Å². The lowest BCUT2D eigenvalue weighted by Gasteiger charge is -2.38. The van der Waals surface area contributed by atoms with Crippen LogP contribution in [-0.2, 0) is 0 Å². The molecule has 1 aromatic rings. The second kappa shape index (κ2) is 5.19. The maximum atomic E-state index is 11.1. The normalized spacial score (nSPS) is 25.8. The minimum absolute atomic E-state index is 0.0704. The van der Waals surface area contributed by atoms with Crippen LogP contribution in [0.25, 0.3) is 0 Å². The smallest absolute Gasteiger partial charge is 0.339 e. The van der Waals surface area contributed by atoms with Gasteiger partial charge in [0, 0.05) is 6.20 Å². The highest BCUT2D eigenvalue weighted by Crippen LogP contribution is 2.40. The summed E-state index contributed by atoms with van der Waals surface area (Å²) in [5, 5.41) is 9.14. The first-order valence-electron chi connectivity index (χ1n) is 6.71. The second-order valence-electron chi connectivity index (χ2n) is 6.33. The summed E-state index contributed by atoms with van der Waals surface area (Å²) in [6, 6.07) is 1.48. The standard InChI is InChI=1S/C15H21NO3/c1-10-6-11(8-15(2,3)7-10)19-13-9-16-5-4-12(13)14(17)18/h4-5,9-11H,6-8H2,1-3H3,(H,17,18). The van der Waals surface area contributed by atoms with Gasteiger partial charge in [-0.05, 0) is 36.7 Å². The molecule has 0 aromatic carbocycles. The van der Waals surface area contributed by atoms with Crippen LogP contribution in [0, 0.1) is 11.3 Å². The van der Waals surface area contributed by atoms with Crippen molar-refractivity contribution < 1.29 is 14.6 Å². The van der Waals surface area contributed by atoms with Crippen molar-refractivity contribution in [3.63, 3.8) is 0 Å². The van der Waals surface area contributed by atoms with E-state index in [0.717, 1.165) is 12.8 Å². The van der Waals surface area contributed by atoms with E-state index >= 15 is 0 Å². The van der Waals surface area contributed by atoms with Crippen LogP contribution >= 0.6 is 0 Å². The molecule has 1 aliphatic carbocycles. The molecule has 104 valence electrons. The van der Waals surface area contributed by atoms with Crippen LogP contribution < -0.4 is 4.74 Å². The third kappa shape index (κ3) is 3.46. The maximum absolute atomic E-state index is 11.1. The van der Waals surface area contributed by atoms with E-state index in [4.69, 9.17) is 9.84 Å². The van der Waals surface area contributed by atoms with E-state index in [1.165, 1.54) is 24.9 Å². The van der Waals surface area contributed by atoms with Crippen LogP contribution in [0.1, 0.15) is 50.4 Å². The van der Waals surface area contributed by atoms with Crippen molar-refractivity contribution in [2.75, 3.05) is 0 Å². The number of pyridine rings is 1. The molecule has 2 unspecified atom stereocenters. The van der Waals surface area contributed by atoms with Gasteiger partial charge in [-0.3, -0.25) is 4.98 Å². The zero-order valence-electron chi connectivity index (χ0n) is 11.7. The molecule has 4 nitrogen and oxygen atoms in total. The highest BCUT2D eigenvalue weighted by Gasteiger charge is 2.33. The molecule has 1 aliphatic rings. The molecule has 2 rings (SSSR count). The predicted molar refractivity (Wildman–Crippen MR) is 72.4 cm³/mol. The number of hydrogen-bond acceptors (Lipinski definition) is 3. The number of aromatic nitrogens is 1. The Morgan fingerprint density at radius 3 is 2.84 bits per heavy atom. The van der Waals surface area contributed by atoms with Crippen LogP contribution in [0.5, 0.6) is 5.75 Å². The molecular formula is C15H21NO3. The van der Waals surface area contributed by atoms with Crippen molar-refractivity contribution in [2.24, 2.45) is 11.3 Å². The van der Waals surface area contributed by atoms with E-state index in [0.29, 0.717) is 11.7 Å². The largest absolute Gasteiger partial charge is 0.488 e. The van der Waals surface area contributed by atoms with Gasteiger partial charge in [0.25, 0.3) is 0 Å². The molecule has 0 bridgehead atoms. The fourth-order valence-electron chi connectivity index (χ4n) is 3.18. The Labute approximate surface area is 113 Å². The van der Waals surface area contributed by atoms with Crippen LogP contribution in [0.2, 0.25) is 0 Å². The van der Waals surface area contributed by atoms with Gasteiger partial charge in [-0.2, -0.15) is 0 Å². The van der Waals surface area contributed by atoms with Crippen LogP contribution in [0.15, 0.2) is 18.5 Å².